The van der Waals surface area contributed by atoms with E-state index in [-0.39, 0.29) is 17.9 Å². The average molecular weight is 308 g/mol. The minimum atomic E-state index is -0.0636. The van der Waals surface area contributed by atoms with Crippen LogP contribution in [-0.4, -0.2) is 24.1 Å². The molecule has 0 saturated heterocycles. The van der Waals surface area contributed by atoms with Crippen LogP contribution in [0.15, 0.2) is 5.38 Å². The van der Waals surface area contributed by atoms with Crippen LogP contribution >= 0.6 is 11.3 Å². The molecule has 116 valence electrons. The summed E-state index contributed by atoms with van der Waals surface area (Å²) in [4.78, 5) is 16.7. The minimum Gasteiger partial charge on any atom is -0.469 e. The van der Waals surface area contributed by atoms with Crippen LogP contribution < -0.4 is 5.32 Å². The molecule has 0 bridgehead atoms. The zero-order chi connectivity index (χ0) is 14.7. The van der Waals surface area contributed by atoms with Gasteiger partial charge in [-0.3, -0.25) is 4.79 Å². The predicted octanol–water partition coefficient (Wildman–Crippen LogP) is 3.23. The normalized spacial score (nSPS) is 26.3. The van der Waals surface area contributed by atoms with E-state index in [0.29, 0.717) is 0 Å². The molecule has 2 atom stereocenters. The van der Waals surface area contributed by atoms with Crippen molar-refractivity contribution in [2.24, 2.45) is 5.92 Å². The van der Waals surface area contributed by atoms with E-state index in [9.17, 15) is 4.79 Å². The monoisotopic (exact) mass is 308 g/mol. The van der Waals surface area contributed by atoms with Crippen molar-refractivity contribution < 1.29 is 9.53 Å². The molecular weight excluding hydrogens is 284 g/mol. The Kier molecular flexibility index (Phi) is 4.91. The number of carbonyl (C=O) groups excluding carboxylic acids is 1. The van der Waals surface area contributed by atoms with Crippen molar-refractivity contribution in [3.8, 4) is 0 Å². The molecule has 0 spiro atoms. The van der Waals surface area contributed by atoms with Gasteiger partial charge in [-0.25, -0.2) is 4.98 Å². The number of nitrogens with one attached hydrogen (secondary N) is 1. The third-order valence-electron chi connectivity index (χ3n) is 4.56. The molecule has 2 fully saturated rings. The molecule has 3 rings (SSSR count). The maximum absolute atomic E-state index is 12.0. The molecule has 5 heteroatoms. The fourth-order valence-electron chi connectivity index (χ4n) is 3.14. The Morgan fingerprint density at radius 1 is 1.33 bits per heavy atom. The highest BCUT2D eigenvalue weighted by Crippen LogP contribution is 2.41. The Morgan fingerprint density at radius 3 is 2.90 bits per heavy atom. The van der Waals surface area contributed by atoms with Gasteiger partial charge in [0.05, 0.1) is 23.7 Å². The number of methoxy groups -OCH3 is 1. The maximum Gasteiger partial charge on any atom is 0.310 e. The molecule has 1 N–H and O–H groups in total. The molecule has 2 aliphatic rings. The molecule has 0 radical (unpaired) electrons. The van der Waals surface area contributed by atoms with Crippen LogP contribution in [0.4, 0.5) is 0 Å². The molecule has 0 aromatic carbocycles. The van der Waals surface area contributed by atoms with Gasteiger partial charge in [0, 0.05) is 23.9 Å². The van der Waals surface area contributed by atoms with Crippen molar-refractivity contribution in [2.75, 3.05) is 7.11 Å². The lowest BCUT2D eigenvalue weighted by atomic mass is 9.95. The summed E-state index contributed by atoms with van der Waals surface area (Å²) in [6.07, 6.45) is 8.12. The smallest absolute Gasteiger partial charge is 0.310 e. The Morgan fingerprint density at radius 2 is 2.14 bits per heavy atom. The summed E-state index contributed by atoms with van der Waals surface area (Å²) in [5.41, 5.74) is 1.12. The number of carbonyl (C=O) groups is 1. The van der Waals surface area contributed by atoms with E-state index in [1.54, 1.807) is 11.3 Å². The molecule has 2 saturated carbocycles. The first-order valence-electron chi connectivity index (χ1n) is 8.03. The zero-order valence-electron chi connectivity index (χ0n) is 12.6. The van der Waals surface area contributed by atoms with E-state index in [2.05, 4.69) is 10.7 Å². The summed E-state index contributed by atoms with van der Waals surface area (Å²) < 4.78 is 4.98. The van der Waals surface area contributed by atoms with Gasteiger partial charge < -0.3 is 10.1 Å². The third kappa shape index (κ3) is 3.83. The highest BCUT2D eigenvalue weighted by molar-refractivity contribution is 7.09. The van der Waals surface area contributed by atoms with Crippen LogP contribution in [0.1, 0.15) is 61.6 Å². The number of aromatic nitrogens is 1. The van der Waals surface area contributed by atoms with Gasteiger partial charge in [-0.1, -0.05) is 19.3 Å². The number of thiazole rings is 1. The lowest BCUT2D eigenvalue weighted by Crippen LogP contribution is -2.39. The van der Waals surface area contributed by atoms with Gasteiger partial charge >= 0.3 is 5.97 Å². The molecule has 1 aromatic rings. The van der Waals surface area contributed by atoms with Gasteiger partial charge in [0.1, 0.15) is 0 Å². The van der Waals surface area contributed by atoms with Crippen molar-refractivity contribution >= 4 is 17.3 Å². The highest BCUT2D eigenvalue weighted by Gasteiger charge is 2.30. The van der Waals surface area contributed by atoms with Crippen LogP contribution in [0.2, 0.25) is 0 Å². The first-order chi connectivity index (χ1) is 10.3. The Hall–Kier alpha value is -0.940. The van der Waals surface area contributed by atoms with E-state index in [1.165, 1.54) is 37.8 Å². The Balaban J connectivity index is 1.58. The van der Waals surface area contributed by atoms with E-state index < -0.39 is 0 Å². The minimum absolute atomic E-state index is 0.000891. The lowest BCUT2D eigenvalue weighted by Gasteiger charge is -2.23. The summed E-state index contributed by atoms with van der Waals surface area (Å²) >= 11 is 1.78. The van der Waals surface area contributed by atoms with Crippen LogP contribution in [-0.2, 0) is 16.1 Å². The second-order valence-electron chi connectivity index (χ2n) is 6.21. The first-order valence-corrected chi connectivity index (χ1v) is 8.91. The molecule has 1 aromatic heterocycles. The second-order valence-corrected chi connectivity index (χ2v) is 7.10. The van der Waals surface area contributed by atoms with E-state index >= 15 is 0 Å². The van der Waals surface area contributed by atoms with Crippen molar-refractivity contribution in [3.05, 3.63) is 16.1 Å². The summed E-state index contributed by atoms with van der Waals surface area (Å²) in [5, 5.41) is 7.01. The van der Waals surface area contributed by atoms with Crippen LogP contribution in [0.5, 0.6) is 0 Å². The molecule has 0 amide bonds. The summed E-state index contributed by atoms with van der Waals surface area (Å²) in [7, 11) is 1.49. The van der Waals surface area contributed by atoms with Gasteiger partial charge in [-0.2, -0.15) is 0 Å². The topological polar surface area (TPSA) is 51.2 Å². The molecular formula is C16H24N2O2S. The Bertz CT molecular complexity index is 484. The lowest BCUT2D eigenvalue weighted by molar-refractivity contribution is -0.146. The summed E-state index contributed by atoms with van der Waals surface area (Å²) in [6, 6.07) is 0.228. The van der Waals surface area contributed by atoms with Crippen LogP contribution in [0.3, 0.4) is 0 Å². The van der Waals surface area contributed by atoms with Gasteiger partial charge in [-0.05, 0) is 25.7 Å². The van der Waals surface area contributed by atoms with Crippen LogP contribution in [0.25, 0.3) is 0 Å². The number of rotatable bonds is 5. The standard InChI is InChI=1S/C16H24N2O2S/c1-20-16(19)13-5-3-2-4-6-14(13)17-9-12-10-21-15(18-12)11-7-8-11/h10-11,13-14,17H,2-9H2,1H3/t13-,14-/m1/s1. The third-order valence-corrected chi connectivity index (χ3v) is 5.62. The van der Waals surface area contributed by atoms with Crippen molar-refractivity contribution in [1.82, 2.24) is 10.3 Å². The molecule has 4 nitrogen and oxygen atoms in total. The van der Waals surface area contributed by atoms with Crippen LogP contribution in [0, 0.1) is 5.92 Å². The number of nitrogens with zero attached hydrogens (tertiary/aromatic N) is 1. The number of hydrogen-bond acceptors (Lipinski definition) is 5. The van der Waals surface area contributed by atoms with E-state index in [4.69, 9.17) is 9.72 Å². The van der Waals surface area contributed by atoms with Crippen molar-refractivity contribution in [1.29, 1.82) is 0 Å². The van der Waals surface area contributed by atoms with Crippen molar-refractivity contribution in [3.63, 3.8) is 0 Å². The Labute approximate surface area is 130 Å². The molecule has 0 aliphatic heterocycles. The first kappa shape index (κ1) is 15.0. The zero-order valence-corrected chi connectivity index (χ0v) is 13.5. The summed E-state index contributed by atoms with van der Waals surface area (Å²) in [6.45, 7) is 0.765. The fourth-order valence-corrected chi connectivity index (χ4v) is 4.13. The fraction of sp³-hybridized carbons (Fsp3) is 0.750. The van der Waals surface area contributed by atoms with Gasteiger partial charge in [0.2, 0.25) is 0 Å². The molecule has 21 heavy (non-hydrogen) atoms. The second kappa shape index (κ2) is 6.88. The molecule has 0 unspecified atom stereocenters. The van der Waals surface area contributed by atoms with E-state index in [0.717, 1.165) is 37.4 Å². The number of hydrogen-bond donors (Lipinski definition) is 1. The number of ether oxygens (including phenoxy) is 1. The van der Waals surface area contributed by atoms with Gasteiger partial charge in [0.15, 0.2) is 0 Å². The molecule has 2 aliphatic carbocycles. The summed E-state index contributed by atoms with van der Waals surface area (Å²) in [5.74, 6) is 0.662. The number of esters is 1. The maximum atomic E-state index is 12.0. The van der Waals surface area contributed by atoms with Gasteiger partial charge in [-0.15, -0.1) is 11.3 Å². The quantitative estimate of drug-likeness (QED) is 0.670. The van der Waals surface area contributed by atoms with E-state index in [1.807, 2.05) is 0 Å². The largest absolute Gasteiger partial charge is 0.469 e. The highest BCUT2D eigenvalue weighted by atomic mass is 32.1. The van der Waals surface area contributed by atoms with Crippen molar-refractivity contribution in [2.45, 2.75) is 63.5 Å². The van der Waals surface area contributed by atoms with Gasteiger partial charge in [0.25, 0.3) is 0 Å². The predicted molar refractivity (Wildman–Crippen MR) is 83.3 cm³/mol. The SMILES string of the molecule is COC(=O)[C@@H]1CCCCC[C@H]1NCc1csc(C2CC2)n1. The molecule has 1 heterocycles. The average Bonchev–Trinajstić information content (AvgIpc) is 3.29.